The number of rotatable bonds is 6. The van der Waals surface area contributed by atoms with Crippen LogP contribution < -0.4 is 15.2 Å². The Labute approximate surface area is 193 Å². The van der Waals surface area contributed by atoms with Gasteiger partial charge in [-0.2, -0.15) is 5.10 Å². The van der Waals surface area contributed by atoms with Crippen LogP contribution in [-0.2, 0) is 0 Å². The highest BCUT2D eigenvalue weighted by Crippen LogP contribution is 2.32. The summed E-state index contributed by atoms with van der Waals surface area (Å²) in [6.07, 6.45) is 5.05. The van der Waals surface area contributed by atoms with E-state index in [2.05, 4.69) is 20.2 Å². The van der Waals surface area contributed by atoms with Crippen LogP contribution >= 0.6 is 0 Å². The van der Waals surface area contributed by atoms with Crippen LogP contribution in [-0.4, -0.2) is 57.3 Å². The van der Waals surface area contributed by atoms with Crippen molar-refractivity contribution in [3.05, 3.63) is 54.0 Å². The van der Waals surface area contributed by atoms with E-state index < -0.39 is 0 Å². The number of nitrogen functional groups attached to an aromatic ring is 1. The predicted octanol–water partition coefficient (Wildman–Crippen LogP) is 3.33. The lowest BCUT2D eigenvalue weighted by atomic mass is 9.93. The average Bonchev–Trinajstić information content (AvgIpc) is 2.84. The first kappa shape index (κ1) is 22.4. The molecule has 1 fully saturated rings. The number of likely N-dealkylation sites (tertiary alicyclic amines) is 1. The molecule has 0 saturated carbocycles. The van der Waals surface area contributed by atoms with Gasteiger partial charge in [0.2, 0.25) is 0 Å². The fraction of sp³-hybridized carbons (Fsp3) is 0.375. The monoisotopic (exact) mass is 448 g/mol. The van der Waals surface area contributed by atoms with Gasteiger partial charge in [-0.15, -0.1) is 5.10 Å². The molecular weight excluding hydrogens is 420 g/mol. The van der Waals surface area contributed by atoms with Gasteiger partial charge in [0.1, 0.15) is 11.6 Å². The van der Waals surface area contributed by atoms with Gasteiger partial charge >= 0.3 is 6.01 Å². The first-order chi connectivity index (χ1) is 15.9. The molecule has 172 valence electrons. The standard InChI is InChI=1S/C24H28N6O3/c1-15(2)33-24-26-13-18(14-27-24)19-5-4-17(12-21(19)32-3)23(31)30-10-8-16(9-11-30)20-6-7-22(25)29-28-20/h4-7,12-16H,8-11H2,1-3H3,(H2,25,29). The number of hydrogen-bond acceptors (Lipinski definition) is 8. The molecule has 9 nitrogen and oxygen atoms in total. The number of ether oxygens (including phenoxy) is 2. The zero-order valence-corrected chi connectivity index (χ0v) is 19.1. The van der Waals surface area contributed by atoms with E-state index in [-0.39, 0.29) is 17.9 Å². The summed E-state index contributed by atoms with van der Waals surface area (Å²) in [5.41, 5.74) is 8.73. The van der Waals surface area contributed by atoms with Gasteiger partial charge in [-0.3, -0.25) is 4.79 Å². The average molecular weight is 449 g/mol. The number of anilines is 1. The van der Waals surface area contributed by atoms with Gasteiger partial charge in [0.05, 0.1) is 18.9 Å². The number of nitrogens with two attached hydrogens (primary N) is 1. The third-order valence-electron chi connectivity index (χ3n) is 5.63. The number of nitrogens with zero attached hydrogens (tertiary/aromatic N) is 5. The molecule has 1 aromatic carbocycles. The van der Waals surface area contributed by atoms with E-state index in [4.69, 9.17) is 15.2 Å². The highest BCUT2D eigenvalue weighted by atomic mass is 16.5. The van der Waals surface area contributed by atoms with Gasteiger partial charge in [-0.1, -0.05) is 0 Å². The number of hydrogen-bond donors (Lipinski definition) is 1. The molecule has 1 amide bonds. The second-order valence-corrected chi connectivity index (χ2v) is 8.29. The van der Waals surface area contributed by atoms with E-state index in [1.165, 1.54) is 0 Å². The molecule has 0 radical (unpaired) electrons. The third kappa shape index (κ3) is 5.19. The molecule has 33 heavy (non-hydrogen) atoms. The minimum Gasteiger partial charge on any atom is -0.496 e. The van der Waals surface area contributed by atoms with Gasteiger partial charge in [0, 0.05) is 48.1 Å². The van der Waals surface area contributed by atoms with E-state index in [1.807, 2.05) is 36.9 Å². The number of benzene rings is 1. The lowest BCUT2D eigenvalue weighted by molar-refractivity contribution is 0.0711. The Bertz CT molecular complexity index is 1090. The smallest absolute Gasteiger partial charge is 0.316 e. The second kappa shape index (κ2) is 9.81. The van der Waals surface area contributed by atoms with E-state index in [9.17, 15) is 4.79 Å². The van der Waals surface area contributed by atoms with Crippen LogP contribution in [0.1, 0.15) is 48.7 Å². The number of amides is 1. The Morgan fingerprint density at radius 2 is 1.82 bits per heavy atom. The summed E-state index contributed by atoms with van der Waals surface area (Å²) in [7, 11) is 1.59. The number of carbonyl (C=O) groups excluding carboxylic acids is 1. The molecular formula is C24H28N6O3. The number of aromatic nitrogens is 4. The normalized spacial score (nSPS) is 14.4. The zero-order valence-electron chi connectivity index (χ0n) is 19.1. The zero-order chi connectivity index (χ0) is 23.4. The molecule has 0 aliphatic carbocycles. The Hall–Kier alpha value is -3.75. The second-order valence-electron chi connectivity index (χ2n) is 8.29. The van der Waals surface area contributed by atoms with Crippen molar-refractivity contribution in [1.82, 2.24) is 25.1 Å². The van der Waals surface area contributed by atoms with Crippen LogP contribution in [0.5, 0.6) is 11.8 Å². The summed E-state index contributed by atoms with van der Waals surface area (Å²) >= 11 is 0. The maximum atomic E-state index is 13.1. The van der Waals surface area contributed by atoms with Gasteiger partial charge in [-0.25, -0.2) is 9.97 Å². The Kier molecular flexibility index (Phi) is 6.67. The van der Waals surface area contributed by atoms with Gasteiger partial charge < -0.3 is 20.1 Å². The van der Waals surface area contributed by atoms with E-state index in [0.717, 1.165) is 29.7 Å². The van der Waals surface area contributed by atoms with Crippen molar-refractivity contribution in [2.24, 2.45) is 0 Å². The molecule has 0 bridgehead atoms. The van der Waals surface area contributed by atoms with Crippen molar-refractivity contribution in [1.29, 1.82) is 0 Å². The first-order valence-corrected chi connectivity index (χ1v) is 11.0. The third-order valence-corrected chi connectivity index (χ3v) is 5.63. The molecule has 1 aliphatic rings. The van der Waals surface area contributed by atoms with E-state index >= 15 is 0 Å². The molecule has 0 atom stereocenters. The van der Waals surface area contributed by atoms with Crippen LogP contribution in [0, 0.1) is 0 Å². The van der Waals surface area contributed by atoms with Crippen molar-refractivity contribution in [2.45, 2.75) is 38.7 Å². The molecule has 0 unspecified atom stereocenters. The molecule has 1 aliphatic heterocycles. The van der Waals surface area contributed by atoms with Crippen LogP contribution in [0.4, 0.5) is 5.82 Å². The molecule has 0 spiro atoms. The molecule has 3 heterocycles. The summed E-state index contributed by atoms with van der Waals surface area (Å²) in [5, 5.41) is 8.14. The Balaban J connectivity index is 1.45. The number of carbonyl (C=O) groups is 1. The lowest BCUT2D eigenvalue weighted by Gasteiger charge is -2.31. The molecule has 4 rings (SSSR count). The minimum atomic E-state index is -0.0152. The first-order valence-electron chi connectivity index (χ1n) is 11.0. The fourth-order valence-electron chi connectivity index (χ4n) is 3.92. The summed E-state index contributed by atoms with van der Waals surface area (Å²) in [4.78, 5) is 23.5. The number of piperidine rings is 1. The largest absolute Gasteiger partial charge is 0.496 e. The quantitative estimate of drug-likeness (QED) is 0.610. The Morgan fingerprint density at radius 3 is 2.42 bits per heavy atom. The molecule has 9 heteroatoms. The SMILES string of the molecule is COc1cc(C(=O)N2CCC(c3ccc(N)nn3)CC2)ccc1-c1cnc(OC(C)C)nc1. The maximum Gasteiger partial charge on any atom is 0.316 e. The lowest BCUT2D eigenvalue weighted by Crippen LogP contribution is -2.38. The van der Waals surface area contributed by atoms with Crippen LogP contribution in [0.25, 0.3) is 11.1 Å². The predicted molar refractivity (Wildman–Crippen MR) is 124 cm³/mol. The molecule has 1 saturated heterocycles. The summed E-state index contributed by atoms with van der Waals surface area (Å²) in [6, 6.07) is 9.46. The summed E-state index contributed by atoms with van der Waals surface area (Å²) in [5.74, 6) is 1.27. The highest BCUT2D eigenvalue weighted by molar-refractivity contribution is 5.95. The van der Waals surface area contributed by atoms with Gasteiger partial charge in [-0.05, 0) is 57.0 Å². The fourth-order valence-corrected chi connectivity index (χ4v) is 3.92. The minimum absolute atomic E-state index is 0.000156. The number of methoxy groups -OCH3 is 1. The van der Waals surface area contributed by atoms with E-state index in [0.29, 0.717) is 36.2 Å². The van der Waals surface area contributed by atoms with Crippen molar-refractivity contribution in [2.75, 3.05) is 25.9 Å². The van der Waals surface area contributed by atoms with Crippen LogP contribution in [0.15, 0.2) is 42.7 Å². The molecule has 2 N–H and O–H groups in total. The van der Waals surface area contributed by atoms with Crippen LogP contribution in [0.3, 0.4) is 0 Å². The van der Waals surface area contributed by atoms with Crippen molar-refractivity contribution in [3.8, 4) is 22.9 Å². The highest BCUT2D eigenvalue weighted by Gasteiger charge is 2.26. The Morgan fingerprint density at radius 1 is 1.09 bits per heavy atom. The van der Waals surface area contributed by atoms with E-state index in [1.54, 1.807) is 31.6 Å². The van der Waals surface area contributed by atoms with Gasteiger partial charge in [0.15, 0.2) is 0 Å². The van der Waals surface area contributed by atoms with Crippen molar-refractivity contribution in [3.63, 3.8) is 0 Å². The summed E-state index contributed by atoms with van der Waals surface area (Å²) in [6.45, 7) is 5.16. The van der Waals surface area contributed by atoms with Gasteiger partial charge in [0.25, 0.3) is 5.91 Å². The molecule has 2 aromatic heterocycles. The van der Waals surface area contributed by atoms with Crippen molar-refractivity contribution < 1.29 is 14.3 Å². The molecule has 3 aromatic rings. The van der Waals surface area contributed by atoms with Crippen LogP contribution in [0.2, 0.25) is 0 Å². The summed E-state index contributed by atoms with van der Waals surface area (Å²) < 4.78 is 11.1. The van der Waals surface area contributed by atoms with Crippen molar-refractivity contribution >= 4 is 11.7 Å². The maximum absolute atomic E-state index is 13.1. The topological polar surface area (TPSA) is 116 Å².